The van der Waals surface area contributed by atoms with Crippen molar-refractivity contribution in [2.75, 3.05) is 0 Å². The second-order valence-electron chi connectivity index (χ2n) is 7.18. The predicted molar refractivity (Wildman–Crippen MR) is 101 cm³/mol. The number of rotatable bonds is 4. The molecule has 0 radical (unpaired) electrons. The van der Waals surface area contributed by atoms with Crippen LogP contribution in [-0.2, 0) is 14.3 Å². The van der Waals surface area contributed by atoms with Crippen LogP contribution in [0.5, 0.6) is 11.5 Å². The van der Waals surface area contributed by atoms with Crippen LogP contribution in [0.1, 0.15) is 49.7 Å². The van der Waals surface area contributed by atoms with Crippen LogP contribution in [0.15, 0.2) is 48.5 Å². The summed E-state index contributed by atoms with van der Waals surface area (Å²) in [6, 6.07) is 15.1. The van der Waals surface area contributed by atoms with Crippen LogP contribution >= 0.6 is 0 Å². The van der Waals surface area contributed by atoms with Gasteiger partial charge in [-0.1, -0.05) is 49.2 Å². The number of amides is 1. The number of benzene rings is 2. The van der Waals surface area contributed by atoms with E-state index >= 15 is 0 Å². The van der Waals surface area contributed by atoms with Gasteiger partial charge in [-0.2, -0.15) is 0 Å². The van der Waals surface area contributed by atoms with Crippen LogP contribution in [0.25, 0.3) is 0 Å². The van der Waals surface area contributed by atoms with Crippen LogP contribution in [0.2, 0.25) is 0 Å². The summed E-state index contributed by atoms with van der Waals surface area (Å²) in [4.78, 5) is 25.4. The second kappa shape index (κ2) is 7.43. The minimum Gasteiger partial charge on any atom is -0.457 e. The zero-order valence-electron chi connectivity index (χ0n) is 15.3. The van der Waals surface area contributed by atoms with Gasteiger partial charge in [-0.05, 0) is 31.9 Å². The van der Waals surface area contributed by atoms with Gasteiger partial charge >= 0.3 is 5.97 Å². The maximum Gasteiger partial charge on any atom is 0.318 e. The fraction of sp³-hybridized carbons (Fsp3) is 0.364. The molecule has 2 aromatic rings. The zero-order valence-corrected chi connectivity index (χ0v) is 15.3. The zero-order chi connectivity index (χ0) is 18.8. The second-order valence-corrected chi connectivity index (χ2v) is 7.18. The molecule has 5 heteroatoms. The van der Waals surface area contributed by atoms with E-state index in [2.05, 4.69) is 5.32 Å². The molecule has 2 aliphatic rings. The van der Waals surface area contributed by atoms with Crippen molar-refractivity contribution in [1.29, 1.82) is 0 Å². The van der Waals surface area contributed by atoms with Crippen molar-refractivity contribution in [3.8, 4) is 11.5 Å². The highest BCUT2D eigenvalue weighted by Gasteiger charge is 2.35. The molecule has 2 aromatic carbocycles. The van der Waals surface area contributed by atoms with E-state index in [0.717, 1.165) is 36.8 Å². The van der Waals surface area contributed by atoms with E-state index < -0.39 is 18.0 Å². The Balaban J connectivity index is 1.53. The highest BCUT2D eigenvalue weighted by atomic mass is 16.5. The number of carbonyl (C=O) groups is 2. The van der Waals surface area contributed by atoms with Gasteiger partial charge < -0.3 is 14.8 Å². The summed E-state index contributed by atoms with van der Waals surface area (Å²) in [5.41, 5.74) is 1.51. The van der Waals surface area contributed by atoms with Crippen LogP contribution in [-0.4, -0.2) is 24.0 Å². The summed E-state index contributed by atoms with van der Waals surface area (Å²) in [5.74, 6) is 0.00597. The summed E-state index contributed by atoms with van der Waals surface area (Å²) in [5, 5.41) is 2.98. The lowest BCUT2D eigenvalue weighted by atomic mass is 9.88. The number of hydrogen-bond donors (Lipinski definition) is 1. The average molecular weight is 365 g/mol. The molecule has 140 valence electrons. The first-order valence-corrected chi connectivity index (χ1v) is 9.50. The molecule has 1 aliphatic carbocycles. The standard InChI is InChI=1S/C22H23NO4/c1-14(21(24)23-15-8-2-3-9-15)26-22(25)20-16-10-4-6-12-18(16)27-19-13-7-5-11-17(19)20/h4-7,10-15,20H,2-3,8-9H2,1H3,(H,23,24)/t14-/m1/s1. The van der Waals surface area contributed by atoms with Gasteiger partial charge in [-0.25, -0.2) is 0 Å². The van der Waals surface area contributed by atoms with Crippen LogP contribution in [0, 0.1) is 0 Å². The molecule has 1 heterocycles. The lowest BCUT2D eigenvalue weighted by Crippen LogP contribution is -2.41. The van der Waals surface area contributed by atoms with Gasteiger partial charge in [0.1, 0.15) is 17.4 Å². The number of nitrogens with one attached hydrogen (secondary N) is 1. The Labute approximate surface area is 158 Å². The Morgan fingerprint density at radius 1 is 1.00 bits per heavy atom. The van der Waals surface area contributed by atoms with E-state index in [1.807, 2.05) is 48.5 Å². The largest absolute Gasteiger partial charge is 0.457 e. The number of carbonyl (C=O) groups excluding carboxylic acids is 2. The molecule has 27 heavy (non-hydrogen) atoms. The van der Waals surface area contributed by atoms with Gasteiger partial charge in [0.25, 0.3) is 5.91 Å². The molecule has 5 nitrogen and oxygen atoms in total. The minimum atomic E-state index is -0.833. The van der Waals surface area contributed by atoms with Gasteiger partial charge in [0.2, 0.25) is 0 Å². The third-order valence-corrected chi connectivity index (χ3v) is 5.28. The Morgan fingerprint density at radius 2 is 1.56 bits per heavy atom. The molecule has 1 N–H and O–H groups in total. The van der Waals surface area contributed by atoms with E-state index in [1.54, 1.807) is 6.92 Å². The number of para-hydroxylation sites is 2. The van der Waals surface area contributed by atoms with Crippen LogP contribution in [0.4, 0.5) is 0 Å². The molecule has 0 spiro atoms. The van der Waals surface area contributed by atoms with Gasteiger partial charge in [0, 0.05) is 17.2 Å². The van der Waals surface area contributed by atoms with Crippen molar-refractivity contribution < 1.29 is 19.1 Å². The number of fused-ring (bicyclic) bond motifs is 2. The smallest absolute Gasteiger partial charge is 0.318 e. The van der Waals surface area contributed by atoms with E-state index in [9.17, 15) is 9.59 Å². The highest BCUT2D eigenvalue weighted by Crippen LogP contribution is 2.44. The van der Waals surface area contributed by atoms with Crippen LogP contribution in [0.3, 0.4) is 0 Å². The first-order chi connectivity index (χ1) is 13.1. The maximum atomic E-state index is 13.0. The Morgan fingerprint density at radius 3 is 2.15 bits per heavy atom. The number of ether oxygens (including phenoxy) is 2. The number of esters is 1. The monoisotopic (exact) mass is 365 g/mol. The van der Waals surface area contributed by atoms with Crippen molar-refractivity contribution >= 4 is 11.9 Å². The van der Waals surface area contributed by atoms with Crippen molar-refractivity contribution in [2.24, 2.45) is 0 Å². The van der Waals surface area contributed by atoms with Gasteiger partial charge in [-0.3, -0.25) is 9.59 Å². The fourth-order valence-electron chi connectivity index (χ4n) is 3.85. The summed E-state index contributed by atoms with van der Waals surface area (Å²) < 4.78 is 11.5. The summed E-state index contributed by atoms with van der Waals surface area (Å²) in [7, 11) is 0. The van der Waals surface area contributed by atoms with E-state index in [4.69, 9.17) is 9.47 Å². The highest BCUT2D eigenvalue weighted by molar-refractivity contribution is 5.89. The quantitative estimate of drug-likeness (QED) is 0.834. The Kier molecular flexibility index (Phi) is 4.84. The first-order valence-electron chi connectivity index (χ1n) is 9.50. The first kappa shape index (κ1) is 17.6. The molecule has 1 atom stereocenters. The van der Waals surface area contributed by atoms with Crippen LogP contribution < -0.4 is 10.1 Å². The van der Waals surface area contributed by atoms with Crippen molar-refractivity contribution in [3.63, 3.8) is 0 Å². The third kappa shape index (κ3) is 3.54. The van der Waals surface area contributed by atoms with Gasteiger partial charge in [0.05, 0.1) is 0 Å². The molecule has 1 saturated carbocycles. The Hall–Kier alpha value is -2.82. The SMILES string of the molecule is C[C@@H](OC(=O)C1c2ccccc2Oc2ccccc21)C(=O)NC1CCCC1. The average Bonchev–Trinajstić information content (AvgIpc) is 3.18. The summed E-state index contributed by atoms with van der Waals surface area (Å²) in [6.45, 7) is 1.62. The Bertz CT molecular complexity index is 811. The van der Waals surface area contributed by atoms with Gasteiger partial charge in [-0.15, -0.1) is 0 Å². The molecule has 0 aromatic heterocycles. The van der Waals surface area contributed by atoms with Crippen molar-refractivity contribution in [3.05, 3.63) is 59.7 Å². The predicted octanol–water partition coefficient (Wildman–Crippen LogP) is 3.91. The molecular formula is C22H23NO4. The normalized spacial score (nSPS) is 17.4. The molecule has 0 bridgehead atoms. The molecule has 4 rings (SSSR count). The molecular weight excluding hydrogens is 342 g/mol. The molecule has 1 amide bonds. The van der Waals surface area contributed by atoms with Crippen molar-refractivity contribution in [1.82, 2.24) is 5.32 Å². The lowest BCUT2D eigenvalue weighted by molar-refractivity contribution is -0.155. The van der Waals surface area contributed by atoms with E-state index in [-0.39, 0.29) is 11.9 Å². The topological polar surface area (TPSA) is 64.6 Å². The molecule has 0 unspecified atom stereocenters. The maximum absolute atomic E-state index is 13.0. The molecule has 1 fully saturated rings. The summed E-state index contributed by atoms with van der Waals surface area (Å²) >= 11 is 0. The van der Waals surface area contributed by atoms with E-state index in [1.165, 1.54) is 0 Å². The fourth-order valence-corrected chi connectivity index (χ4v) is 3.85. The molecule has 1 aliphatic heterocycles. The third-order valence-electron chi connectivity index (χ3n) is 5.28. The lowest BCUT2D eigenvalue weighted by Gasteiger charge is -2.27. The molecule has 0 saturated heterocycles. The van der Waals surface area contributed by atoms with E-state index in [0.29, 0.717) is 11.5 Å². The number of hydrogen-bond acceptors (Lipinski definition) is 4. The van der Waals surface area contributed by atoms with Gasteiger partial charge in [0.15, 0.2) is 6.10 Å². The van der Waals surface area contributed by atoms with Crippen molar-refractivity contribution in [2.45, 2.75) is 50.7 Å². The summed E-state index contributed by atoms with van der Waals surface area (Å²) in [6.07, 6.45) is 3.42. The minimum absolute atomic E-state index is 0.197.